The van der Waals surface area contributed by atoms with Crippen molar-refractivity contribution in [2.75, 3.05) is 45.8 Å². The lowest BCUT2D eigenvalue weighted by Gasteiger charge is -2.47. The number of carbonyl (C=O) groups is 2. The minimum atomic E-state index is -0.270. The van der Waals surface area contributed by atoms with Crippen LogP contribution in [0.3, 0.4) is 0 Å². The number of rotatable bonds is 4. The largest absolute Gasteiger partial charge is 0.459 e. The topological polar surface area (TPSA) is 57.0 Å². The Balaban J connectivity index is 1.56. The lowest BCUT2D eigenvalue weighted by molar-refractivity contribution is -0.141. The third kappa shape index (κ3) is 3.20. The summed E-state index contributed by atoms with van der Waals surface area (Å²) >= 11 is 0. The van der Waals surface area contributed by atoms with E-state index in [1.54, 1.807) is 6.26 Å². The van der Waals surface area contributed by atoms with Crippen LogP contribution >= 0.6 is 0 Å². The summed E-state index contributed by atoms with van der Waals surface area (Å²) in [7, 11) is 0. The number of amides is 2. The molecule has 3 aliphatic heterocycles. The van der Waals surface area contributed by atoms with Gasteiger partial charge in [0, 0.05) is 56.8 Å². The van der Waals surface area contributed by atoms with Crippen molar-refractivity contribution >= 4 is 11.8 Å². The van der Waals surface area contributed by atoms with Crippen LogP contribution in [0.1, 0.15) is 56.2 Å². The summed E-state index contributed by atoms with van der Waals surface area (Å²) in [6.07, 6.45) is 4.34. The molecule has 0 saturated carbocycles. The molecule has 2 spiro atoms. The van der Waals surface area contributed by atoms with Crippen molar-refractivity contribution in [1.82, 2.24) is 14.7 Å². The van der Waals surface area contributed by atoms with E-state index in [1.165, 1.54) is 0 Å². The Bertz CT molecular complexity index is 778. The second kappa shape index (κ2) is 7.46. The van der Waals surface area contributed by atoms with Crippen LogP contribution in [-0.2, 0) is 4.79 Å². The van der Waals surface area contributed by atoms with Crippen molar-refractivity contribution in [2.45, 2.75) is 47.0 Å². The highest BCUT2D eigenvalue weighted by molar-refractivity contribution is 5.93. The van der Waals surface area contributed by atoms with Crippen molar-refractivity contribution in [2.24, 2.45) is 16.7 Å². The van der Waals surface area contributed by atoms with E-state index >= 15 is 0 Å². The van der Waals surface area contributed by atoms with E-state index in [-0.39, 0.29) is 16.7 Å². The number of fused-ring (bicyclic) bond motifs is 1. The highest BCUT2D eigenvalue weighted by atomic mass is 16.3. The zero-order valence-electron chi connectivity index (χ0n) is 18.4. The molecule has 3 aliphatic rings. The minimum Gasteiger partial charge on any atom is -0.459 e. The van der Waals surface area contributed by atoms with Crippen LogP contribution in [-0.4, -0.2) is 72.3 Å². The van der Waals surface area contributed by atoms with E-state index in [0.717, 1.165) is 57.5 Å². The fraction of sp³-hybridized carbons (Fsp3) is 0.739. The predicted octanol–water partition coefficient (Wildman–Crippen LogP) is 3.02. The molecule has 2 amide bonds. The minimum absolute atomic E-state index is 0.0126. The molecule has 6 nitrogen and oxygen atoms in total. The van der Waals surface area contributed by atoms with Crippen LogP contribution in [0.4, 0.5) is 0 Å². The van der Waals surface area contributed by atoms with Crippen LogP contribution in [0.25, 0.3) is 0 Å². The van der Waals surface area contributed by atoms with Gasteiger partial charge in [0.25, 0.3) is 5.91 Å². The Hall–Kier alpha value is -1.82. The third-order valence-electron chi connectivity index (χ3n) is 7.61. The van der Waals surface area contributed by atoms with Crippen LogP contribution in [0.5, 0.6) is 0 Å². The average molecular weight is 402 g/mol. The van der Waals surface area contributed by atoms with E-state index in [4.69, 9.17) is 4.42 Å². The van der Waals surface area contributed by atoms with Crippen LogP contribution in [0, 0.1) is 23.7 Å². The predicted molar refractivity (Wildman–Crippen MR) is 112 cm³/mol. The fourth-order valence-electron chi connectivity index (χ4n) is 6.12. The Morgan fingerprint density at radius 1 is 1.17 bits per heavy atom. The van der Waals surface area contributed by atoms with Crippen molar-refractivity contribution in [3.8, 4) is 0 Å². The Morgan fingerprint density at radius 2 is 1.90 bits per heavy atom. The summed E-state index contributed by atoms with van der Waals surface area (Å²) in [5.41, 5.74) is 0.603. The van der Waals surface area contributed by atoms with Crippen molar-refractivity contribution in [3.05, 3.63) is 23.7 Å². The SMILES string of the molecule is CCN1CC[C@]2(CN(CC(C)C)CC23CCN(C(=O)c2occc2C)CC3)C1=O. The zero-order valence-corrected chi connectivity index (χ0v) is 18.4. The number of likely N-dealkylation sites (tertiary alicyclic amines) is 3. The molecule has 0 N–H and O–H groups in total. The molecule has 0 bridgehead atoms. The molecule has 0 aromatic carbocycles. The maximum Gasteiger partial charge on any atom is 0.289 e. The molecule has 0 aliphatic carbocycles. The van der Waals surface area contributed by atoms with E-state index in [9.17, 15) is 9.59 Å². The number of furan rings is 1. The number of hydrogen-bond acceptors (Lipinski definition) is 4. The molecule has 6 heteroatoms. The first-order valence-electron chi connectivity index (χ1n) is 11.2. The number of carbonyl (C=O) groups excluding carboxylic acids is 2. The highest BCUT2D eigenvalue weighted by Gasteiger charge is 2.64. The first-order chi connectivity index (χ1) is 13.8. The molecule has 3 fully saturated rings. The van der Waals surface area contributed by atoms with Gasteiger partial charge in [-0.05, 0) is 45.1 Å². The van der Waals surface area contributed by atoms with Gasteiger partial charge < -0.3 is 19.1 Å². The molecule has 29 heavy (non-hydrogen) atoms. The summed E-state index contributed by atoms with van der Waals surface area (Å²) in [4.78, 5) is 32.9. The molecule has 0 unspecified atom stereocenters. The summed E-state index contributed by atoms with van der Waals surface area (Å²) in [5.74, 6) is 1.39. The van der Waals surface area contributed by atoms with E-state index in [0.29, 0.717) is 30.7 Å². The molecule has 1 atom stereocenters. The molecule has 4 rings (SSSR count). The van der Waals surface area contributed by atoms with E-state index in [1.807, 2.05) is 22.8 Å². The maximum atomic E-state index is 13.5. The summed E-state index contributed by atoms with van der Waals surface area (Å²) in [6.45, 7) is 14.5. The standard InChI is InChI=1S/C23H35N3O3/c1-5-25-12-9-23(21(25)28)16-24(14-17(2)3)15-22(23)7-10-26(11-8-22)20(27)19-18(4)6-13-29-19/h6,13,17H,5,7-12,14-16H2,1-4H3/t23-/m0/s1. The summed E-state index contributed by atoms with van der Waals surface area (Å²) in [5, 5.41) is 0. The molecule has 160 valence electrons. The number of nitrogens with zero attached hydrogens (tertiary/aromatic N) is 3. The van der Waals surface area contributed by atoms with Gasteiger partial charge in [-0.2, -0.15) is 0 Å². The van der Waals surface area contributed by atoms with Gasteiger partial charge in [0.15, 0.2) is 5.76 Å². The molecule has 4 heterocycles. The summed E-state index contributed by atoms with van der Waals surface area (Å²) in [6, 6.07) is 1.84. The van der Waals surface area contributed by atoms with Gasteiger partial charge in [0.1, 0.15) is 0 Å². The van der Waals surface area contributed by atoms with Gasteiger partial charge in [-0.15, -0.1) is 0 Å². The monoisotopic (exact) mass is 401 g/mol. The molecule has 1 aromatic rings. The first kappa shape index (κ1) is 20.5. The van der Waals surface area contributed by atoms with E-state index < -0.39 is 0 Å². The van der Waals surface area contributed by atoms with Crippen molar-refractivity contribution in [1.29, 1.82) is 0 Å². The lowest BCUT2D eigenvalue weighted by Crippen LogP contribution is -2.53. The molecular weight excluding hydrogens is 366 g/mol. The van der Waals surface area contributed by atoms with Crippen molar-refractivity contribution in [3.63, 3.8) is 0 Å². The van der Waals surface area contributed by atoms with Crippen LogP contribution < -0.4 is 0 Å². The lowest BCUT2D eigenvalue weighted by atomic mass is 9.60. The molecule has 0 radical (unpaired) electrons. The Morgan fingerprint density at radius 3 is 2.45 bits per heavy atom. The van der Waals surface area contributed by atoms with Crippen LogP contribution in [0.15, 0.2) is 16.7 Å². The number of piperidine rings is 1. The smallest absolute Gasteiger partial charge is 0.289 e. The van der Waals surface area contributed by atoms with Gasteiger partial charge in [-0.1, -0.05) is 13.8 Å². The second-order valence-electron chi connectivity index (χ2n) is 9.79. The molecular formula is C23H35N3O3. The Labute approximate surface area is 174 Å². The van der Waals surface area contributed by atoms with Gasteiger partial charge >= 0.3 is 0 Å². The molecule has 1 aromatic heterocycles. The third-order valence-corrected chi connectivity index (χ3v) is 7.61. The summed E-state index contributed by atoms with van der Waals surface area (Å²) < 4.78 is 5.44. The number of aryl methyl sites for hydroxylation is 1. The number of hydrogen-bond donors (Lipinski definition) is 0. The van der Waals surface area contributed by atoms with Gasteiger partial charge in [-0.25, -0.2) is 0 Å². The van der Waals surface area contributed by atoms with Crippen molar-refractivity contribution < 1.29 is 14.0 Å². The van der Waals surface area contributed by atoms with Gasteiger partial charge in [0.2, 0.25) is 5.91 Å². The second-order valence-corrected chi connectivity index (χ2v) is 9.79. The van der Waals surface area contributed by atoms with Gasteiger partial charge in [-0.3, -0.25) is 9.59 Å². The van der Waals surface area contributed by atoms with Gasteiger partial charge in [0.05, 0.1) is 11.7 Å². The highest BCUT2D eigenvalue weighted by Crippen LogP contribution is 2.58. The average Bonchev–Trinajstić information content (AvgIpc) is 3.33. The normalized spacial score (nSPS) is 27.1. The van der Waals surface area contributed by atoms with Crippen LogP contribution in [0.2, 0.25) is 0 Å². The van der Waals surface area contributed by atoms with E-state index in [2.05, 4.69) is 25.7 Å². The first-order valence-corrected chi connectivity index (χ1v) is 11.2. The molecule has 3 saturated heterocycles. The quantitative estimate of drug-likeness (QED) is 0.778. The Kier molecular flexibility index (Phi) is 5.26. The zero-order chi connectivity index (χ0) is 20.8. The maximum absolute atomic E-state index is 13.5. The fourth-order valence-corrected chi connectivity index (χ4v) is 6.12.